The molecule has 0 radical (unpaired) electrons. The van der Waals surface area contributed by atoms with Crippen LogP contribution in [0, 0.1) is 0 Å². The van der Waals surface area contributed by atoms with Crippen molar-refractivity contribution in [3.8, 4) is 11.5 Å². The molecule has 0 fully saturated rings. The smallest absolute Gasteiger partial charge is 0.341 e. The van der Waals surface area contributed by atoms with Crippen molar-refractivity contribution in [2.75, 3.05) is 35.5 Å². The third kappa shape index (κ3) is 5.15. The molecule has 0 bridgehead atoms. The maximum atomic E-state index is 12.3. The number of ether oxygens (including phenoxy) is 5. The van der Waals surface area contributed by atoms with Gasteiger partial charge in [0.1, 0.15) is 11.1 Å². The predicted octanol–water partition coefficient (Wildman–Crippen LogP) is 4.19. The molecule has 32 heavy (non-hydrogen) atoms. The third-order valence-corrected chi connectivity index (χ3v) is 4.95. The van der Waals surface area contributed by atoms with Crippen molar-refractivity contribution in [1.29, 1.82) is 0 Å². The SMILES string of the molecule is COC(=O)C=C(c1cc(Cl)c(OC)c(C(=O)OC)c1)c1cc(Cl)c(OC)c(C(=O)OC)c1. The van der Waals surface area contributed by atoms with Crippen molar-refractivity contribution < 1.29 is 38.1 Å². The van der Waals surface area contributed by atoms with E-state index in [0.717, 1.165) is 0 Å². The Morgan fingerprint density at radius 2 is 1.09 bits per heavy atom. The second-order valence-corrected chi connectivity index (χ2v) is 6.96. The Labute approximate surface area is 194 Å². The Hall–Kier alpha value is -3.23. The highest BCUT2D eigenvalue weighted by Crippen LogP contribution is 2.38. The van der Waals surface area contributed by atoms with E-state index in [-0.39, 0.29) is 38.2 Å². The number of carbonyl (C=O) groups is 3. The number of benzene rings is 2. The summed E-state index contributed by atoms with van der Waals surface area (Å²) in [5.74, 6) is -1.90. The quantitative estimate of drug-likeness (QED) is 0.329. The summed E-state index contributed by atoms with van der Waals surface area (Å²) < 4.78 is 24.8. The molecule has 0 spiro atoms. The molecular weight excluding hydrogens is 463 g/mol. The van der Waals surface area contributed by atoms with Gasteiger partial charge in [-0.05, 0) is 41.0 Å². The average Bonchev–Trinajstić information content (AvgIpc) is 2.79. The molecule has 0 heterocycles. The minimum Gasteiger partial charge on any atom is -0.494 e. The zero-order chi connectivity index (χ0) is 24.0. The lowest BCUT2D eigenvalue weighted by Gasteiger charge is -2.16. The molecule has 0 saturated heterocycles. The van der Waals surface area contributed by atoms with Crippen molar-refractivity contribution in [2.24, 2.45) is 0 Å². The summed E-state index contributed by atoms with van der Waals surface area (Å²) in [6.45, 7) is 0. The molecule has 170 valence electrons. The summed E-state index contributed by atoms with van der Waals surface area (Å²) in [4.78, 5) is 36.7. The first-order valence-electron chi connectivity index (χ1n) is 8.94. The second-order valence-electron chi connectivity index (χ2n) is 6.14. The predicted molar refractivity (Wildman–Crippen MR) is 118 cm³/mol. The van der Waals surface area contributed by atoms with Gasteiger partial charge < -0.3 is 23.7 Å². The first kappa shape index (κ1) is 25.0. The summed E-state index contributed by atoms with van der Waals surface area (Å²) in [6.07, 6.45) is 1.17. The monoisotopic (exact) mass is 482 g/mol. The standard InChI is InChI=1S/C22H20Cl2O8/c1-28-18(25)10-13(11-6-14(21(26)31-4)19(29-2)16(23)8-11)12-7-15(22(27)32-5)20(30-3)17(24)9-12/h6-10H,1-5H3. The van der Waals surface area contributed by atoms with Crippen molar-refractivity contribution in [3.63, 3.8) is 0 Å². The highest BCUT2D eigenvalue weighted by molar-refractivity contribution is 6.33. The largest absolute Gasteiger partial charge is 0.494 e. The Bertz CT molecular complexity index is 1020. The summed E-state index contributed by atoms with van der Waals surface area (Å²) >= 11 is 12.6. The summed E-state index contributed by atoms with van der Waals surface area (Å²) in [5.41, 5.74) is 0.973. The summed E-state index contributed by atoms with van der Waals surface area (Å²) in [5, 5.41) is 0.183. The van der Waals surface area contributed by atoms with Gasteiger partial charge in [-0.3, -0.25) is 0 Å². The molecule has 2 aromatic rings. The summed E-state index contributed by atoms with van der Waals surface area (Å²) in [6, 6.07) is 5.83. The number of hydrogen-bond donors (Lipinski definition) is 0. The van der Waals surface area contributed by atoms with E-state index in [2.05, 4.69) is 0 Å². The lowest BCUT2D eigenvalue weighted by atomic mass is 9.94. The van der Waals surface area contributed by atoms with Crippen LogP contribution < -0.4 is 9.47 Å². The van der Waals surface area contributed by atoms with Gasteiger partial charge in [0.05, 0.1) is 45.6 Å². The van der Waals surface area contributed by atoms with Crippen LogP contribution in [0.4, 0.5) is 0 Å². The first-order chi connectivity index (χ1) is 15.2. The van der Waals surface area contributed by atoms with Gasteiger partial charge in [-0.2, -0.15) is 0 Å². The van der Waals surface area contributed by atoms with Crippen molar-refractivity contribution >= 4 is 46.7 Å². The number of methoxy groups -OCH3 is 5. The molecule has 0 aromatic heterocycles. The fourth-order valence-electron chi connectivity index (χ4n) is 2.95. The van der Waals surface area contributed by atoms with Gasteiger partial charge in [0.2, 0.25) is 0 Å². The molecule has 0 unspecified atom stereocenters. The Kier molecular flexibility index (Phi) is 8.51. The van der Waals surface area contributed by atoms with Crippen LogP contribution in [-0.2, 0) is 19.0 Å². The molecular formula is C22H20Cl2O8. The minimum atomic E-state index is -0.703. The highest BCUT2D eigenvalue weighted by Gasteiger charge is 2.23. The number of carbonyl (C=O) groups excluding carboxylic acids is 3. The second kappa shape index (κ2) is 10.9. The molecule has 2 aromatic carbocycles. The maximum Gasteiger partial charge on any atom is 0.341 e. The third-order valence-electron chi connectivity index (χ3n) is 4.39. The molecule has 2 rings (SSSR count). The molecule has 0 saturated carbocycles. The van der Waals surface area contributed by atoms with Gasteiger partial charge in [-0.15, -0.1) is 0 Å². The minimum absolute atomic E-state index is 0.0288. The molecule has 8 nitrogen and oxygen atoms in total. The normalized spacial score (nSPS) is 10.1. The number of halogens is 2. The van der Waals surface area contributed by atoms with Crippen LogP contribution in [0.25, 0.3) is 5.57 Å². The van der Waals surface area contributed by atoms with Gasteiger partial charge in [0.15, 0.2) is 11.5 Å². The van der Waals surface area contributed by atoms with Gasteiger partial charge in [0.25, 0.3) is 0 Å². The maximum absolute atomic E-state index is 12.3. The van der Waals surface area contributed by atoms with Crippen molar-refractivity contribution in [1.82, 2.24) is 0 Å². The fraction of sp³-hybridized carbons (Fsp3) is 0.227. The number of esters is 3. The molecule has 0 N–H and O–H groups in total. The van der Waals surface area contributed by atoms with E-state index in [0.29, 0.717) is 11.1 Å². The van der Waals surface area contributed by atoms with Gasteiger partial charge in [0, 0.05) is 6.08 Å². The Balaban J connectivity index is 2.87. The lowest BCUT2D eigenvalue weighted by molar-refractivity contribution is -0.134. The van der Waals surface area contributed by atoms with Crippen molar-refractivity contribution in [2.45, 2.75) is 0 Å². The topological polar surface area (TPSA) is 97.4 Å². The van der Waals surface area contributed by atoms with Crippen LogP contribution in [0.1, 0.15) is 31.8 Å². The number of hydrogen-bond acceptors (Lipinski definition) is 8. The molecule has 0 aliphatic heterocycles. The zero-order valence-corrected chi connectivity index (χ0v) is 19.4. The van der Waals surface area contributed by atoms with Crippen LogP contribution in [0.3, 0.4) is 0 Å². The van der Waals surface area contributed by atoms with Gasteiger partial charge in [-0.1, -0.05) is 23.2 Å². The number of rotatable bonds is 7. The molecule has 0 aliphatic rings. The van der Waals surface area contributed by atoms with E-state index in [9.17, 15) is 14.4 Å². The van der Waals surface area contributed by atoms with Crippen LogP contribution in [0.5, 0.6) is 11.5 Å². The van der Waals surface area contributed by atoms with Crippen LogP contribution >= 0.6 is 23.2 Å². The van der Waals surface area contributed by atoms with E-state index in [4.69, 9.17) is 46.9 Å². The molecule has 0 amide bonds. The van der Waals surface area contributed by atoms with Crippen LogP contribution in [-0.4, -0.2) is 53.5 Å². The van der Waals surface area contributed by atoms with Gasteiger partial charge in [-0.25, -0.2) is 14.4 Å². The van der Waals surface area contributed by atoms with Crippen molar-refractivity contribution in [3.05, 3.63) is 62.6 Å². The van der Waals surface area contributed by atoms with E-state index in [1.807, 2.05) is 0 Å². The average molecular weight is 483 g/mol. The molecule has 0 atom stereocenters. The van der Waals surface area contributed by atoms with E-state index in [1.54, 1.807) is 0 Å². The Morgan fingerprint density at radius 1 is 0.688 bits per heavy atom. The Morgan fingerprint density at radius 3 is 1.41 bits per heavy atom. The first-order valence-corrected chi connectivity index (χ1v) is 9.69. The molecule has 0 aliphatic carbocycles. The zero-order valence-electron chi connectivity index (χ0n) is 17.9. The van der Waals surface area contributed by atoms with E-state index >= 15 is 0 Å². The van der Waals surface area contributed by atoms with E-state index < -0.39 is 17.9 Å². The fourth-order valence-corrected chi connectivity index (χ4v) is 3.54. The molecule has 10 heteroatoms. The van der Waals surface area contributed by atoms with Gasteiger partial charge >= 0.3 is 17.9 Å². The summed E-state index contributed by atoms with van der Waals surface area (Å²) in [7, 11) is 6.33. The lowest BCUT2D eigenvalue weighted by Crippen LogP contribution is -2.08. The van der Waals surface area contributed by atoms with Crippen LogP contribution in [0.15, 0.2) is 30.3 Å². The van der Waals surface area contributed by atoms with Crippen LogP contribution in [0.2, 0.25) is 10.0 Å². The highest BCUT2D eigenvalue weighted by atomic mass is 35.5. The van der Waals surface area contributed by atoms with E-state index in [1.165, 1.54) is 65.9 Å².